The van der Waals surface area contributed by atoms with Gasteiger partial charge in [0.15, 0.2) is 0 Å². The van der Waals surface area contributed by atoms with Crippen molar-refractivity contribution in [2.45, 2.75) is 65.9 Å². The molecule has 2 aromatic heterocycles. The number of rotatable bonds is 6. The molecule has 0 aliphatic carbocycles. The zero-order chi connectivity index (χ0) is 30.4. The van der Waals surface area contributed by atoms with E-state index in [0.29, 0.717) is 16.8 Å². The van der Waals surface area contributed by atoms with Crippen molar-refractivity contribution in [2.75, 3.05) is 5.32 Å². The summed E-state index contributed by atoms with van der Waals surface area (Å²) in [5, 5.41) is 10.1. The fourth-order valence-electron chi connectivity index (χ4n) is 3.54. The Bertz CT molecular complexity index is 1390. The van der Waals surface area contributed by atoms with Crippen LogP contribution in [0.5, 0.6) is 0 Å². The molecule has 1 N–H and O–H groups in total. The van der Waals surface area contributed by atoms with Gasteiger partial charge in [0.1, 0.15) is 28.3 Å². The fraction of sp³-hybridized carbons (Fsp3) is 0.379. The summed E-state index contributed by atoms with van der Waals surface area (Å²) in [4.78, 5) is 24.7. The van der Waals surface area contributed by atoms with E-state index in [1.165, 1.54) is 32.4 Å². The number of amides is 1. The molecule has 2 heterocycles. The van der Waals surface area contributed by atoms with E-state index < -0.39 is 34.6 Å². The highest BCUT2D eigenvalue weighted by atomic mass is 35.5. The van der Waals surface area contributed by atoms with Crippen molar-refractivity contribution in [1.29, 1.82) is 0 Å². The molecule has 0 saturated heterocycles. The van der Waals surface area contributed by atoms with Gasteiger partial charge in [-0.3, -0.25) is 9.48 Å². The molecule has 1 atom stereocenters. The highest BCUT2D eigenvalue weighted by molar-refractivity contribution is 6.32. The standard InChI is InChI=1S/C26H28ClF2N5O3.C3H8/c1-8-21-18(9-14(2)22-19(28)10-17(11-20(22)29)31-24(35)15(3)27)23(16-12-30-33(7)13-16)32-34(21)25(36)37-26(4,5)6;1-3-2/h8-13,15H,1H2,2-7H3,(H,31,35);3H2,1-2H3/b14-9+;. The zero-order valence-corrected chi connectivity index (χ0v) is 24.9. The van der Waals surface area contributed by atoms with Gasteiger partial charge in [-0.2, -0.15) is 14.9 Å². The largest absolute Gasteiger partial charge is 0.442 e. The van der Waals surface area contributed by atoms with Crippen LogP contribution >= 0.6 is 11.6 Å². The number of hydrogen-bond acceptors (Lipinski definition) is 5. The van der Waals surface area contributed by atoms with Gasteiger partial charge in [-0.05, 0) is 64.5 Å². The molecule has 0 aliphatic rings. The first kappa shape index (κ1) is 32.4. The van der Waals surface area contributed by atoms with Gasteiger partial charge in [0.05, 0.1) is 11.9 Å². The lowest BCUT2D eigenvalue weighted by molar-refractivity contribution is -0.115. The van der Waals surface area contributed by atoms with Crippen molar-refractivity contribution in [3.63, 3.8) is 0 Å². The Morgan fingerprint density at radius 1 is 1.23 bits per heavy atom. The highest BCUT2D eigenvalue weighted by Crippen LogP contribution is 2.33. The molecule has 1 unspecified atom stereocenters. The van der Waals surface area contributed by atoms with Crippen molar-refractivity contribution in [3.8, 4) is 11.3 Å². The predicted molar refractivity (Wildman–Crippen MR) is 156 cm³/mol. The zero-order valence-electron chi connectivity index (χ0n) is 24.1. The molecule has 3 aromatic rings. The second-order valence-corrected chi connectivity index (χ2v) is 10.8. The molecule has 0 bridgehead atoms. The molecule has 216 valence electrons. The van der Waals surface area contributed by atoms with E-state index in [-0.39, 0.29) is 22.5 Å². The van der Waals surface area contributed by atoms with E-state index in [9.17, 15) is 9.59 Å². The van der Waals surface area contributed by atoms with E-state index >= 15 is 8.78 Å². The number of aryl methyl sites for hydroxylation is 1. The first-order chi connectivity index (χ1) is 18.6. The number of carbonyl (C=O) groups excluding carboxylic acids is 2. The predicted octanol–water partition coefficient (Wildman–Crippen LogP) is 7.53. The van der Waals surface area contributed by atoms with Crippen LogP contribution in [-0.4, -0.2) is 42.5 Å². The minimum absolute atomic E-state index is 0.0652. The van der Waals surface area contributed by atoms with Gasteiger partial charge in [-0.25, -0.2) is 13.6 Å². The molecule has 8 nitrogen and oxygen atoms in total. The summed E-state index contributed by atoms with van der Waals surface area (Å²) in [7, 11) is 1.72. The number of halogens is 3. The number of anilines is 1. The number of aromatic nitrogens is 4. The second-order valence-electron chi connectivity index (χ2n) is 10.1. The van der Waals surface area contributed by atoms with Crippen LogP contribution < -0.4 is 5.32 Å². The van der Waals surface area contributed by atoms with Gasteiger partial charge in [0.2, 0.25) is 5.91 Å². The summed E-state index contributed by atoms with van der Waals surface area (Å²) in [6, 6.07) is 2.01. The van der Waals surface area contributed by atoms with Gasteiger partial charge in [0, 0.05) is 35.6 Å². The Labute approximate surface area is 238 Å². The normalized spacial score (nSPS) is 12.3. The lowest BCUT2D eigenvalue weighted by Gasteiger charge is -2.19. The lowest BCUT2D eigenvalue weighted by Crippen LogP contribution is -2.28. The molecule has 1 amide bonds. The highest BCUT2D eigenvalue weighted by Gasteiger charge is 2.26. The molecule has 40 heavy (non-hydrogen) atoms. The van der Waals surface area contributed by atoms with Crippen LogP contribution in [0, 0.1) is 11.6 Å². The number of ether oxygens (including phenoxy) is 1. The lowest BCUT2D eigenvalue weighted by atomic mass is 10.00. The van der Waals surface area contributed by atoms with Crippen molar-refractivity contribution in [1.82, 2.24) is 19.6 Å². The van der Waals surface area contributed by atoms with Crippen LogP contribution in [0.2, 0.25) is 0 Å². The van der Waals surface area contributed by atoms with E-state index in [2.05, 4.69) is 35.9 Å². The van der Waals surface area contributed by atoms with Crippen molar-refractivity contribution >= 4 is 47.0 Å². The monoisotopic (exact) mass is 575 g/mol. The Balaban J connectivity index is 0.00000178. The molecule has 1 aromatic carbocycles. The number of hydrogen-bond donors (Lipinski definition) is 1. The number of nitrogens with one attached hydrogen (secondary N) is 1. The van der Waals surface area contributed by atoms with E-state index in [1.807, 2.05) is 0 Å². The quantitative estimate of drug-likeness (QED) is 0.307. The molecule has 0 spiro atoms. The smallest absolute Gasteiger partial charge is 0.435 e. The Morgan fingerprint density at radius 2 is 1.80 bits per heavy atom. The van der Waals surface area contributed by atoms with Crippen molar-refractivity contribution < 1.29 is 23.1 Å². The third-order valence-electron chi connectivity index (χ3n) is 5.12. The Kier molecular flexibility index (Phi) is 11.0. The second kappa shape index (κ2) is 13.5. The van der Waals surface area contributed by atoms with Gasteiger partial charge >= 0.3 is 6.09 Å². The maximum atomic E-state index is 15.1. The summed E-state index contributed by atoms with van der Waals surface area (Å²) in [5.74, 6) is -2.38. The van der Waals surface area contributed by atoms with Crippen LogP contribution in [0.4, 0.5) is 19.3 Å². The van der Waals surface area contributed by atoms with Crippen LogP contribution in [-0.2, 0) is 16.6 Å². The van der Waals surface area contributed by atoms with Gasteiger partial charge < -0.3 is 10.1 Å². The van der Waals surface area contributed by atoms with E-state index in [4.69, 9.17) is 16.3 Å². The molecular formula is C29H36ClF2N5O3. The third-order valence-corrected chi connectivity index (χ3v) is 5.32. The van der Waals surface area contributed by atoms with Crippen molar-refractivity contribution in [3.05, 3.63) is 59.6 Å². The minimum atomic E-state index is -0.895. The van der Waals surface area contributed by atoms with Crippen LogP contribution in [0.3, 0.4) is 0 Å². The van der Waals surface area contributed by atoms with Gasteiger partial charge in [0.25, 0.3) is 0 Å². The number of alkyl halides is 1. The van der Waals surface area contributed by atoms with Crippen LogP contribution in [0.25, 0.3) is 29.0 Å². The minimum Gasteiger partial charge on any atom is -0.442 e. The number of allylic oxidation sites excluding steroid dienone is 1. The molecule has 11 heteroatoms. The van der Waals surface area contributed by atoms with E-state index in [1.54, 1.807) is 44.9 Å². The van der Waals surface area contributed by atoms with Crippen LogP contribution in [0.1, 0.15) is 71.7 Å². The first-order valence-corrected chi connectivity index (χ1v) is 13.2. The summed E-state index contributed by atoms with van der Waals surface area (Å²) in [5.41, 5.74) is 0.614. The summed E-state index contributed by atoms with van der Waals surface area (Å²) >= 11 is 5.72. The summed E-state index contributed by atoms with van der Waals surface area (Å²) in [6.07, 6.45) is 6.67. The number of nitrogens with zero attached hydrogens (tertiary/aromatic N) is 4. The topological polar surface area (TPSA) is 91.0 Å². The first-order valence-electron chi connectivity index (χ1n) is 12.7. The summed E-state index contributed by atoms with van der Waals surface area (Å²) < 4.78 is 38.2. The van der Waals surface area contributed by atoms with Crippen LogP contribution in [0.15, 0.2) is 31.1 Å². The average molecular weight is 576 g/mol. The number of carbonyl (C=O) groups is 2. The molecule has 0 aliphatic heterocycles. The Morgan fingerprint density at radius 3 is 2.25 bits per heavy atom. The fourth-order valence-corrected chi connectivity index (χ4v) is 3.59. The Hall–Kier alpha value is -3.79. The maximum Gasteiger partial charge on any atom is 0.435 e. The van der Waals surface area contributed by atoms with E-state index in [0.717, 1.165) is 16.8 Å². The average Bonchev–Trinajstić information content (AvgIpc) is 3.41. The molecule has 0 saturated carbocycles. The van der Waals surface area contributed by atoms with Gasteiger partial charge in [-0.15, -0.1) is 11.6 Å². The van der Waals surface area contributed by atoms with Crippen molar-refractivity contribution in [2.24, 2.45) is 7.05 Å². The molecule has 0 fully saturated rings. The summed E-state index contributed by atoms with van der Waals surface area (Å²) in [6.45, 7) is 16.2. The molecule has 0 radical (unpaired) electrons. The molecule has 3 rings (SSSR count). The van der Waals surface area contributed by atoms with Gasteiger partial charge in [-0.1, -0.05) is 26.8 Å². The third kappa shape index (κ3) is 8.11. The number of benzene rings is 1. The molecular weight excluding hydrogens is 540 g/mol. The SMILES string of the molecule is C=Cc1c(/C=C(\C)c2c(F)cc(NC(=O)C(C)Cl)cc2F)c(-c2cnn(C)c2)nn1C(=O)OC(C)(C)C.CCC. The maximum absolute atomic E-state index is 15.1.